The molecule has 694 valence electrons. The summed E-state index contributed by atoms with van der Waals surface area (Å²) in [6, 6.07) is -22.6. The highest BCUT2D eigenvalue weighted by Gasteiger charge is 2.42. The topological polar surface area (TPSA) is 799 Å². The maximum Gasteiger partial charge on any atom is 0.326 e. The molecule has 0 spiro atoms. The van der Waals surface area contributed by atoms with Crippen molar-refractivity contribution in [3.63, 3.8) is 0 Å². The number of carboxylic acid groups (broad SMARTS) is 3. The molecule has 1 fully saturated rings. The highest BCUT2D eigenvalue weighted by molar-refractivity contribution is 6.02. The summed E-state index contributed by atoms with van der Waals surface area (Å²) in [5.74, 6) is -26.2. The highest BCUT2D eigenvalue weighted by Crippen LogP contribution is 2.22. The van der Waals surface area contributed by atoms with Gasteiger partial charge in [0.1, 0.15) is 78.5 Å². The molecule has 1 aromatic rings. The van der Waals surface area contributed by atoms with Gasteiger partial charge in [-0.2, -0.15) is 0 Å². The lowest BCUT2D eigenvalue weighted by Crippen LogP contribution is -2.62. The Hall–Kier alpha value is -12.7. The van der Waals surface area contributed by atoms with Gasteiger partial charge >= 0.3 is 17.9 Å². The predicted molar refractivity (Wildman–Crippen MR) is 439 cm³/mol. The fraction of sp³-hybridized carbons (Fsp3) is 0.671. The minimum absolute atomic E-state index is 0.00549. The second kappa shape index (κ2) is 53.9. The average molecular weight is 1760 g/mol. The number of nitrogens with one attached hydrogen (secondary N) is 16. The highest BCUT2D eigenvalue weighted by atomic mass is 16.4. The van der Waals surface area contributed by atoms with E-state index >= 15 is 0 Å². The number of aromatic amines is 1. The number of H-pyrrole nitrogens is 1. The second-order valence-corrected chi connectivity index (χ2v) is 32.3. The van der Waals surface area contributed by atoms with Crippen LogP contribution in [0.3, 0.4) is 0 Å². The number of nitrogens with two attached hydrogens (primary N) is 6. The van der Waals surface area contributed by atoms with Crippen LogP contribution >= 0.6 is 0 Å². The van der Waals surface area contributed by atoms with Gasteiger partial charge in [-0.25, -0.2) is 9.78 Å². The van der Waals surface area contributed by atoms with Gasteiger partial charge in [-0.1, -0.05) is 69.2 Å². The molecule has 1 aromatic heterocycles. The first-order chi connectivity index (χ1) is 57.9. The Labute approximate surface area is 715 Å². The van der Waals surface area contributed by atoms with E-state index in [0.29, 0.717) is 5.69 Å². The van der Waals surface area contributed by atoms with E-state index in [1.807, 2.05) is 0 Å². The molecular formula is C76H126N24O24. The largest absolute Gasteiger partial charge is 0.481 e. The summed E-state index contributed by atoms with van der Waals surface area (Å²) in [5, 5.41) is 70.5. The van der Waals surface area contributed by atoms with Gasteiger partial charge in [0.25, 0.3) is 0 Å². The Morgan fingerprint density at radius 2 is 0.823 bits per heavy atom. The number of aliphatic carboxylic acids is 3. The molecule has 0 bridgehead atoms. The van der Waals surface area contributed by atoms with Gasteiger partial charge in [-0.05, 0) is 107 Å². The lowest BCUT2D eigenvalue weighted by Gasteiger charge is -2.31. The first-order valence-electron chi connectivity index (χ1n) is 40.7. The number of likely N-dealkylation sites (tertiary alicyclic amines) is 1. The van der Waals surface area contributed by atoms with Gasteiger partial charge in [-0.3, -0.25) is 101 Å². The van der Waals surface area contributed by atoms with Crippen LogP contribution in [0.25, 0.3) is 0 Å². The van der Waals surface area contributed by atoms with Crippen LogP contribution < -0.4 is 109 Å². The molecule has 14 atom stereocenters. The number of guanidine groups is 1. The van der Waals surface area contributed by atoms with E-state index < -0.39 is 279 Å². The number of aromatic nitrogens is 2. The van der Waals surface area contributed by atoms with E-state index in [4.69, 9.17) is 39.8 Å². The van der Waals surface area contributed by atoms with Gasteiger partial charge in [0.15, 0.2) is 5.96 Å². The molecule has 0 radical (unpaired) electrons. The molecular weight excluding hydrogens is 1630 g/mol. The summed E-state index contributed by atoms with van der Waals surface area (Å²) in [7, 11) is 0. The SMILES string of the molecule is CC(C)C[C@H](NC(=O)[C@H](CC(C)C)NC(=O)[C@H](CC(N)=O)NC(=O)[C@H](CCC(=O)O)NC(=O)[C@H](CC(N)=O)NC(=O)[C@H](CC(C)C)NC(=O)[C@@H](NC(=O)[C@H](CCC(=O)O)NC(=O)[C@H](CCC(N)=O)NC(=O)[C@@H]1CCCN1C(=O)[C@H](CC(C)C)NC(=O)CNC(=O)[C@H](CCC(N)=O)NC(=O)[C@@H](N)Cc1c[nH]cn1)C(C)C)C(=O)N[C@@H](CCCNC(=N)N)C(=O)O. The number of primary amides is 4. The Balaban J connectivity index is 2.46. The zero-order valence-corrected chi connectivity index (χ0v) is 71.5. The minimum Gasteiger partial charge on any atom is -0.481 e. The lowest BCUT2D eigenvalue weighted by atomic mass is 9.98. The first kappa shape index (κ1) is 107. The second-order valence-electron chi connectivity index (χ2n) is 32.3. The quantitative estimate of drug-likeness (QED) is 0.0164. The summed E-state index contributed by atoms with van der Waals surface area (Å²) in [5.41, 5.74) is 33.6. The number of nitrogens with zero attached hydrogens (tertiary/aromatic N) is 2. The van der Waals surface area contributed by atoms with E-state index in [0.717, 1.165) is 4.90 Å². The van der Waals surface area contributed by atoms with Gasteiger partial charge in [-0.15, -0.1) is 0 Å². The fourth-order valence-electron chi connectivity index (χ4n) is 12.9. The van der Waals surface area contributed by atoms with Gasteiger partial charge < -0.3 is 134 Å². The van der Waals surface area contributed by atoms with Crippen molar-refractivity contribution in [2.45, 2.75) is 276 Å². The van der Waals surface area contributed by atoms with E-state index in [1.54, 1.807) is 55.4 Å². The van der Waals surface area contributed by atoms with Gasteiger partial charge in [0.05, 0.1) is 37.4 Å². The van der Waals surface area contributed by atoms with Crippen molar-refractivity contribution in [3.8, 4) is 0 Å². The van der Waals surface area contributed by atoms with E-state index in [2.05, 4.69) is 84.4 Å². The molecule has 31 N–H and O–H groups in total. The number of carboxylic acids is 3. The number of amides is 18. The van der Waals surface area contributed by atoms with Crippen LogP contribution in [0.15, 0.2) is 12.5 Å². The average Bonchev–Trinajstić information content (AvgIpc) is 1.64. The molecule has 1 aliphatic rings. The van der Waals surface area contributed by atoms with Crippen LogP contribution in [-0.2, 0) is 107 Å². The van der Waals surface area contributed by atoms with E-state index in [1.165, 1.54) is 26.4 Å². The van der Waals surface area contributed by atoms with Gasteiger partial charge in [0, 0.05) is 51.4 Å². The molecule has 2 heterocycles. The number of hydrogen-bond donors (Lipinski definition) is 25. The molecule has 48 nitrogen and oxygen atoms in total. The van der Waals surface area contributed by atoms with Crippen molar-refractivity contribution in [1.82, 2.24) is 89.3 Å². The summed E-state index contributed by atoms with van der Waals surface area (Å²) in [4.78, 5) is 291. The zero-order valence-electron chi connectivity index (χ0n) is 71.5. The molecule has 124 heavy (non-hydrogen) atoms. The molecule has 18 amide bonds. The standard InChI is InChI=1S/C76H126N24O24/c1-35(2)25-47(67(115)93-46(75(123)124)13-11-23-85-76(82)83)94-68(116)48(26-36(3)4)95-71(119)51(31-57(81)104)96-65(113)44(17-21-59(106)107)91-70(118)50(30-56(80)103)97-69(117)49(27-37(5)6)98-73(121)61(39(9)10)99-66(114)45(18-22-60(108)109)90-64(112)43(16-20-55(79)102)92-72(120)53-14-12-24-100(53)74(122)52(28-38(7)8)88-58(105)33-86-63(111)42(15-19-54(78)101)89-62(110)41(77)29-40-32-84-34-87-40/h32,34-39,41-53,61H,11-31,33,77H2,1-10H3,(H2,78,101)(H2,79,102)(H2,80,103)(H2,81,104)(H,84,87)(H,86,111)(H,88,105)(H,89,110)(H,90,112)(H,91,118)(H,92,120)(H,93,115)(H,94,116)(H,95,119)(H,96,113)(H,97,117)(H,98,121)(H,99,114)(H,106,107)(H,108,109)(H,123,124)(H4,82,83,85)/t41-,42-,43-,44-,45-,46-,47-,48-,49-,50-,51-,52-,53-,61-/m0/s1. The molecule has 2 rings (SSSR count). The summed E-state index contributed by atoms with van der Waals surface area (Å²) < 4.78 is 0. The third-order valence-electron chi connectivity index (χ3n) is 19.1. The summed E-state index contributed by atoms with van der Waals surface area (Å²) in [6.45, 7) is 15.5. The number of carbonyl (C=O) groups excluding carboxylic acids is 18. The summed E-state index contributed by atoms with van der Waals surface area (Å²) in [6.07, 6.45) is -4.26. The van der Waals surface area contributed by atoms with Crippen LogP contribution in [0.1, 0.15) is 191 Å². The molecule has 1 aliphatic heterocycles. The van der Waals surface area contributed by atoms with E-state index in [9.17, 15) is 116 Å². The Morgan fingerprint density at radius 1 is 0.444 bits per heavy atom. The van der Waals surface area contributed by atoms with Crippen LogP contribution in [0.2, 0.25) is 0 Å². The molecule has 0 saturated carbocycles. The predicted octanol–water partition coefficient (Wildman–Crippen LogP) is -7.60. The van der Waals surface area contributed by atoms with Crippen molar-refractivity contribution in [1.29, 1.82) is 5.41 Å². The molecule has 0 aromatic carbocycles. The maximum atomic E-state index is 14.5. The molecule has 0 aliphatic carbocycles. The van der Waals surface area contributed by atoms with E-state index in [-0.39, 0.29) is 107 Å². The molecule has 0 unspecified atom stereocenters. The van der Waals surface area contributed by atoms with Crippen molar-refractivity contribution in [2.24, 2.45) is 64.0 Å². The lowest BCUT2D eigenvalue weighted by molar-refractivity contribution is -0.142. The first-order valence-corrected chi connectivity index (χ1v) is 40.7. The molecule has 1 saturated heterocycles. The number of carbonyl (C=O) groups is 21. The van der Waals surface area contributed by atoms with Crippen LogP contribution in [0.5, 0.6) is 0 Å². The molecule has 48 heteroatoms. The van der Waals surface area contributed by atoms with Gasteiger partial charge in [0.2, 0.25) is 106 Å². The number of rotatable bonds is 59. The number of hydrogen-bond acceptors (Lipinski definition) is 24. The minimum atomic E-state index is -2.05. The summed E-state index contributed by atoms with van der Waals surface area (Å²) >= 11 is 0. The zero-order chi connectivity index (χ0) is 94.1. The van der Waals surface area contributed by atoms with Crippen molar-refractivity contribution < 1.29 is 116 Å². The van der Waals surface area contributed by atoms with Crippen LogP contribution in [0, 0.1) is 35.0 Å². The monoisotopic (exact) mass is 1760 g/mol. The Morgan fingerprint density at radius 3 is 1.23 bits per heavy atom. The van der Waals surface area contributed by atoms with Crippen molar-refractivity contribution in [2.75, 3.05) is 19.6 Å². The number of imidazole rings is 1. The van der Waals surface area contributed by atoms with Crippen molar-refractivity contribution in [3.05, 3.63) is 18.2 Å². The maximum absolute atomic E-state index is 14.5. The Bertz CT molecular complexity index is 3920. The Kier molecular flexibility index (Phi) is 46.7. The van der Waals surface area contributed by atoms with Crippen LogP contribution in [0.4, 0.5) is 0 Å². The smallest absolute Gasteiger partial charge is 0.326 e. The third kappa shape index (κ3) is 41.3. The van der Waals surface area contributed by atoms with Crippen molar-refractivity contribution >= 4 is 130 Å². The fourth-order valence-corrected chi connectivity index (χ4v) is 12.9. The third-order valence-corrected chi connectivity index (χ3v) is 19.1. The normalized spacial score (nSPS) is 15.6. The van der Waals surface area contributed by atoms with Crippen LogP contribution in [-0.4, -0.2) is 265 Å².